The second kappa shape index (κ2) is 35.4. The highest BCUT2D eigenvalue weighted by Gasteiger charge is 2.22. The Morgan fingerprint density at radius 3 is 1.33 bits per heavy atom. The van der Waals surface area contributed by atoms with Gasteiger partial charge in [0.25, 0.3) is 0 Å². The average Bonchev–Trinajstić information content (AvgIpc) is 3.05. The van der Waals surface area contributed by atoms with Gasteiger partial charge in [0.1, 0.15) is 6.61 Å². The van der Waals surface area contributed by atoms with Crippen molar-refractivity contribution in [3.8, 4) is 0 Å². The minimum atomic E-state index is -4.75. The van der Waals surface area contributed by atoms with Crippen molar-refractivity contribution in [3.05, 3.63) is 24.3 Å². The Morgan fingerprint density at radius 1 is 0.521 bits per heavy atom. The molecule has 0 saturated carbocycles. The van der Waals surface area contributed by atoms with Gasteiger partial charge in [0.05, 0.1) is 6.61 Å². The Hall–Kier alpha value is -1.47. The van der Waals surface area contributed by atoms with Crippen molar-refractivity contribution in [2.75, 3.05) is 13.2 Å². The average molecular weight is 701 g/mol. The van der Waals surface area contributed by atoms with Gasteiger partial charge in [-0.15, -0.1) is 0 Å². The van der Waals surface area contributed by atoms with E-state index >= 15 is 0 Å². The molecule has 2 N–H and O–H groups in total. The normalized spacial score (nSPS) is 12.7. The lowest BCUT2D eigenvalue weighted by Gasteiger charge is -2.18. The zero-order valence-corrected chi connectivity index (χ0v) is 31.8. The summed E-state index contributed by atoms with van der Waals surface area (Å²) < 4.78 is 26.3. The Kier molecular flexibility index (Phi) is 34.3. The highest BCUT2D eigenvalue weighted by Crippen LogP contribution is 2.36. The van der Waals surface area contributed by atoms with Crippen LogP contribution in [0.2, 0.25) is 0 Å². The van der Waals surface area contributed by atoms with E-state index in [4.69, 9.17) is 19.3 Å². The highest BCUT2D eigenvalue weighted by atomic mass is 31.2. The van der Waals surface area contributed by atoms with Crippen molar-refractivity contribution >= 4 is 19.8 Å². The van der Waals surface area contributed by atoms with E-state index in [2.05, 4.69) is 42.7 Å². The summed E-state index contributed by atoms with van der Waals surface area (Å²) in [7, 11) is -4.75. The molecule has 0 spiro atoms. The Bertz CT molecular complexity index is 838. The molecule has 8 nitrogen and oxygen atoms in total. The van der Waals surface area contributed by atoms with Gasteiger partial charge in [0.2, 0.25) is 0 Å². The highest BCUT2D eigenvalue weighted by molar-refractivity contribution is 7.46. The first-order valence-electron chi connectivity index (χ1n) is 19.6. The smallest absolute Gasteiger partial charge is 0.462 e. The van der Waals surface area contributed by atoms with Gasteiger partial charge in [-0.25, -0.2) is 4.57 Å². The quantitative estimate of drug-likeness (QED) is 0.0287. The lowest BCUT2D eigenvalue weighted by Crippen LogP contribution is -2.29. The van der Waals surface area contributed by atoms with Crippen LogP contribution in [0, 0.1) is 0 Å². The van der Waals surface area contributed by atoms with Crippen LogP contribution in [0.25, 0.3) is 0 Å². The molecular weight excluding hydrogens is 627 g/mol. The minimum Gasteiger partial charge on any atom is -0.462 e. The molecule has 9 heteroatoms. The summed E-state index contributed by atoms with van der Waals surface area (Å²) in [5.74, 6) is -0.898. The summed E-state index contributed by atoms with van der Waals surface area (Å²) in [6, 6.07) is 0. The van der Waals surface area contributed by atoms with Gasteiger partial charge in [0.15, 0.2) is 6.10 Å². The van der Waals surface area contributed by atoms with E-state index in [0.29, 0.717) is 6.42 Å². The van der Waals surface area contributed by atoms with Crippen LogP contribution in [0.5, 0.6) is 0 Å². The van der Waals surface area contributed by atoms with Crippen molar-refractivity contribution in [1.82, 2.24) is 0 Å². The summed E-state index contributed by atoms with van der Waals surface area (Å²) in [5, 5.41) is 0. The first-order valence-corrected chi connectivity index (χ1v) is 21.2. The maximum absolute atomic E-state index is 12.3. The molecule has 0 bridgehead atoms. The van der Waals surface area contributed by atoms with Crippen LogP contribution in [-0.4, -0.2) is 41.0 Å². The topological polar surface area (TPSA) is 119 Å². The number of hydrogen-bond acceptors (Lipinski definition) is 6. The van der Waals surface area contributed by atoms with Crippen molar-refractivity contribution in [2.24, 2.45) is 0 Å². The zero-order chi connectivity index (χ0) is 35.4. The molecule has 0 aromatic heterocycles. The standard InChI is InChI=1S/C39H73O8P/c1-3-5-7-9-11-13-15-16-17-18-19-20-21-22-24-25-27-29-31-33-38(40)45-35-37(36-46-48(42,43)44)47-39(41)34-32-30-28-26-23-14-12-10-8-6-4-2/h10,12,18-19,37H,3-9,11,13-17,20-36H2,1-2H3,(H2,42,43,44)/b12-10-,19-18-/t37-/m1/s1. The third-order valence-electron chi connectivity index (χ3n) is 8.44. The molecule has 48 heavy (non-hydrogen) atoms. The molecule has 0 unspecified atom stereocenters. The van der Waals surface area contributed by atoms with Crippen LogP contribution in [0.15, 0.2) is 24.3 Å². The number of hydrogen-bond donors (Lipinski definition) is 2. The Labute approximate surface area is 294 Å². The van der Waals surface area contributed by atoms with Crippen LogP contribution < -0.4 is 0 Å². The molecule has 0 fully saturated rings. The molecule has 0 heterocycles. The lowest BCUT2D eigenvalue weighted by molar-refractivity contribution is -0.161. The fourth-order valence-corrected chi connectivity index (χ4v) is 5.83. The van der Waals surface area contributed by atoms with Gasteiger partial charge in [-0.2, -0.15) is 0 Å². The maximum atomic E-state index is 12.3. The molecule has 0 aliphatic rings. The van der Waals surface area contributed by atoms with Crippen LogP contribution in [0.3, 0.4) is 0 Å². The summed E-state index contributed by atoms with van der Waals surface area (Å²) in [5.41, 5.74) is 0. The fourth-order valence-electron chi connectivity index (χ4n) is 5.47. The molecule has 0 radical (unpaired) electrons. The predicted octanol–water partition coefficient (Wildman–Crippen LogP) is 11.6. The Morgan fingerprint density at radius 2 is 0.896 bits per heavy atom. The SMILES string of the molecule is CCCC/C=C\CCCCCCCC(=O)O[C@H](COC(=O)CCCCCCCCC/C=C\CCCCCCCCCC)COP(=O)(O)O. The molecule has 282 valence electrons. The zero-order valence-electron chi connectivity index (χ0n) is 30.9. The molecule has 0 aliphatic heterocycles. The fraction of sp³-hybridized carbons (Fsp3) is 0.846. The van der Waals surface area contributed by atoms with Gasteiger partial charge in [-0.1, -0.05) is 147 Å². The largest absolute Gasteiger partial charge is 0.469 e. The van der Waals surface area contributed by atoms with E-state index in [1.807, 2.05) is 0 Å². The van der Waals surface area contributed by atoms with Gasteiger partial charge in [-0.3, -0.25) is 14.1 Å². The van der Waals surface area contributed by atoms with E-state index in [-0.39, 0.29) is 19.4 Å². The van der Waals surface area contributed by atoms with E-state index in [1.165, 1.54) is 89.9 Å². The molecule has 0 saturated heterocycles. The first-order chi connectivity index (χ1) is 23.3. The number of carbonyl (C=O) groups is 2. The summed E-state index contributed by atoms with van der Waals surface area (Å²) in [4.78, 5) is 42.7. The molecule has 0 rings (SSSR count). The summed E-state index contributed by atoms with van der Waals surface area (Å²) in [6.45, 7) is 3.63. The van der Waals surface area contributed by atoms with E-state index in [1.54, 1.807) is 0 Å². The van der Waals surface area contributed by atoms with Crippen LogP contribution in [-0.2, 0) is 28.2 Å². The van der Waals surface area contributed by atoms with Crippen molar-refractivity contribution in [1.29, 1.82) is 0 Å². The third kappa shape index (κ3) is 37.4. The monoisotopic (exact) mass is 701 g/mol. The van der Waals surface area contributed by atoms with Crippen molar-refractivity contribution < 1.29 is 37.9 Å². The number of phosphoric ester groups is 1. The molecule has 0 aromatic rings. The number of esters is 2. The minimum absolute atomic E-state index is 0.202. The number of carbonyl (C=O) groups excluding carboxylic acids is 2. The number of phosphoric acid groups is 1. The van der Waals surface area contributed by atoms with Crippen molar-refractivity contribution in [2.45, 2.75) is 200 Å². The second-order valence-electron chi connectivity index (χ2n) is 13.2. The molecule has 0 aliphatic carbocycles. The van der Waals surface area contributed by atoms with Crippen LogP contribution in [0.4, 0.5) is 0 Å². The molecule has 1 atom stereocenters. The molecule has 0 amide bonds. The van der Waals surface area contributed by atoms with Gasteiger partial charge in [0, 0.05) is 12.8 Å². The number of unbranched alkanes of at least 4 members (excludes halogenated alkanes) is 22. The first kappa shape index (κ1) is 46.5. The Balaban J connectivity index is 3.90. The van der Waals surface area contributed by atoms with Gasteiger partial charge < -0.3 is 19.3 Å². The van der Waals surface area contributed by atoms with Crippen LogP contribution >= 0.6 is 7.82 Å². The summed E-state index contributed by atoms with van der Waals surface area (Å²) >= 11 is 0. The van der Waals surface area contributed by atoms with Crippen LogP contribution in [0.1, 0.15) is 194 Å². The summed E-state index contributed by atoms with van der Waals surface area (Å²) in [6.07, 6.45) is 39.0. The lowest BCUT2D eigenvalue weighted by atomic mass is 10.1. The predicted molar refractivity (Wildman–Crippen MR) is 198 cm³/mol. The van der Waals surface area contributed by atoms with E-state index in [9.17, 15) is 14.2 Å². The van der Waals surface area contributed by atoms with Crippen molar-refractivity contribution in [3.63, 3.8) is 0 Å². The number of ether oxygens (including phenoxy) is 2. The second-order valence-corrected chi connectivity index (χ2v) is 14.5. The van der Waals surface area contributed by atoms with E-state index in [0.717, 1.165) is 70.6 Å². The third-order valence-corrected chi connectivity index (χ3v) is 8.93. The van der Waals surface area contributed by atoms with Gasteiger partial charge >= 0.3 is 19.8 Å². The molecular formula is C39H73O8P. The van der Waals surface area contributed by atoms with Gasteiger partial charge in [-0.05, 0) is 57.8 Å². The number of rotatable bonds is 36. The maximum Gasteiger partial charge on any atom is 0.469 e. The number of allylic oxidation sites excluding steroid dienone is 4. The molecule has 0 aromatic carbocycles. The van der Waals surface area contributed by atoms with E-state index < -0.39 is 32.5 Å².